The minimum Gasteiger partial charge on any atom is -1.00 e. The summed E-state index contributed by atoms with van der Waals surface area (Å²) < 4.78 is 52.6. The van der Waals surface area contributed by atoms with E-state index < -0.39 is 21.5 Å². The molecule has 2 unspecified atom stereocenters. The van der Waals surface area contributed by atoms with Gasteiger partial charge in [-0.3, -0.25) is 0 Å². The van der Waals surface area contributed by atoms with Crippen molar-refractivity contribution in [2.45, 2.75) is 16.9 Å². The zero-order valence-electron chi connectivity index (χ0n) is 15.2. The summed E-state index contributed by atoms with van der Waals surface area (Å²) in [5, 5.41) is 1.32. The van der Waals surface area contributed by atoms with Crippen molar-refractivity contribution in [1.29, 1.82) is 0 Å². The smallest absolute Gasteiger partial charge is 0.293 e. The molecule has 28 heavy (non-hydrogen) atoms. The summed E-state index contributed by atoms with van der Waals surface area (Å²) in [7, 11) is -0.690. The van der Waals surface area contributed by atoms with Crippen LogP contribution in [0.2, 0.25) is 0 Å². The van der Waals surface area contributed by atoms with E-state index in [2.05, 4.69) is 4.72 Å². The molecule has 0 amide bonds. The molecule has 10 heteroatoms. The van der Waals surface area contributed by atoms with Crippen LogP contribution in [0.5, 0.6) is 11.5 Å². The Hall–Kier alpha value is -1.78. The number of nitrogens with one attached hydrogen (secondary N) is 2. The van der Waals surface area contributed by atoms with Crippen LogP contribution in [0.25, 0.3) is 0 Å². The molecule has 0 spiro atoms. The zero-order valence-corrected chi connectivity index (χ0v) is 17.6. The van der Waals surface area contributed by atoms with E-state index in [1.165, 1.54) is 24.7 Å². The number of sulfonamides is 1. The molecule has 1 aliphatic rings. The van der Waals surface area contributed by atoms with Crippen LogP contribution in [0.3, 0.4) is 0 Å². The lowest BCUT2D eigenvalue weighted by Gasteiger charge is -2.22. The van der Waals surface area contributed by atoms with Gasteiger partial charge in [0.25, 0.3) is 5.95 Å². The standard InChI is InChI=1S/C18H19FN2O4S2.ClH/c1-24-14-9-8-13(16(10-14)25-2)11-21-17(19)12-26-18(21)20-27(22,23)15-6-4-3-5-7-15;/h3-10,12,18,20H,11H2,1-2H3;1H. The van der Waals surface area contributed by atoms with Crippen LogP contribution in [-0.4, -0.2) is 28.1 Å². The molecule has 0 saturated heterocycles. The number of ether oxygens (including phenoxy) is 2. The Kier molecular flexibility index (Phi) is 7.73. The second-order valence-electron chi connectivity index (χ2n) is 5.80. The number of methoxy groups -OCH3 is 2. The van der Waals surface area contributed by atoms with Gasteiger partial charge in [-0.2, -0.15) is 0 Å². The van der Waals surface area contributed by atoms with Crippen molar-refractivity contribution in [2.75, 3.05) is 14.2 Å². The predicted molar refractivity (Wildman–Crippen MR) is 102 cm³/mol. The van der Waals surface area contributed by atoms with Crippen LogP contribution in [0.4, 0.5) is 4.39 Å². The van der Waals surface area contributed by atoms with Crippen molar-refractivity contribution >= 4 is 21.8 Å². The highest BCUT2D eigenvalue weighted by atomic mass is 35.5. The highest BCUT2D eigenvalue weighted by Gasteiger charge is 2.37. The van der Waals surface area contributed by atoms with E-state index in [9.17, 15) is 12.8 Å². The summed E-state index contributed by atoms with van der Waals surface area (Å²) in [5.74, 6) is 0.744. The van der Waals surface area contributed by atoms with Crippen LogP contribution in [0, 0.1) is 0 Å². The number of hydrogen-bond donors (Lipinski definition) is 2. The third-order valence-corrected chi connectivity index (χ3v) is 6.73. The number of quaternary nitrogens is 1. The largest absolute Gasteiger partial charge is 1.00 e. The minimum atomic E-state index is -3.76. The topological polar surface area (TPSA) is 69.1 Å². The number of rotatable bonds is 7. The second-order valence-corrected chi connectivity index (χ2v) is 8.49. The number of thioether (sulfide) groups is 1. The van der Waals surface area contributed by atoms with E-state index in [-0.39, 0.29) is 23.8 Å². The van der Waals surface area contributed by atoms with Gasteiger partial charge in [-0.25, -0.2) is 13.3 Å². The van der Waals surface area contributed by atoms with Crippen LogP contribution in [0.15, 0.2) is 64.8 Å². The Labute approximate surface area is 174 Å². The third-order valence-electron chi connectivity index (χ3n) is 4.12. The Morgan fingerprint density at radius 1 is 1.14 bits per heavy atom. The fourth-order valence-electron chi connectivity index (χ4n) is 2.70. The molecule has 0 fully saturated rings. The Balaban J connectivity index is 0.00000280. The van der Waals surface area contributed by atoms with Crippen LogP contribution in [0.1, 0.15) is 5.56 Å². The van der Waals surface area contributed by atoms with Crippen molar-refractivity contribution in [3.8, 4) is 11.5 Å². The lowest BCUT2D eigenvalue weighted by Crippen LogP contribution is -3.12. The van der Waals surface area contributed by atoms with Gasteiger partial charge in [0.1, 0.15) is 18.0 Å². The van der Waals surface area contributed by atoms with Crippen LogP contribution >= 0.6 is 11.8 Å². The SMILES string of the molecule is COc1ccc(C[NH+]2C(F)=CSC2NS(=O)(=O)c2ccccc2)c(OC)c1.[Cl-]. The lowest BCUT2D eigenvalue weighted by atomic mass is 10.2. The van der Waals surface area contributed by atoms with E-state index in [1.807, 2.05) is 0 Å². The maximum absolute atomic E-state index is 14.4. The van der Waals surface area contributed by atoms with E-state index in [4.69, 9.17) is 9.47 Å². The average molecular weight is 447 g/mol. The molecular formula is C18H20ClFN2O4S2. The molecule has 2 atom stereocenters. The van der Waals surface area contributed by atoms with Crippen molar-refractivity contribution in [3.63, 3.8) is 0 Å². The first-order valence-electron chi connectivity index (χ1n) is 8.10. The molecule has 152 valence electrons. The summed E-state index contributed by atoms with van der Waals surface area (Å²) in [6.45, 7) is 0.213. The first kappa shape index (κ1) is 22.5. The fourth-order valence-corrected chi connectivity index (χ4v) is 5.14. The van der Waals surface area contributed by atoms with Crippen molar-refractivity contribution in [1.82, 2.24) is 4.72 Å². The zero-order chi connectivity index (χ0) is 19.4. The summed E-state index contributed by atoms with van der Waals surface area (Å²) >= 11 is 1.09. The molecule has 0 saturated carbocycles. The highest BCUT2D eigenvalue weighted by molar-refractivity contribution is 8.03. The molecule has 1 aliphatic heterocycles. The monoisotopic (exact) mass is 446 g/mol. The van der Waals surface area contributed by atoms with Crippen molar-refractivity contribution < 1.29 is 39.6 Å². The average Bonchev–Trinajstić information content (AvgIpc) is 3.02. The van der Waals surface area contributed by atoms with Gasteiger partial charge in [0.2, 0.25) is 15.5 Å². The van der Waals surface area contributed by atoms with E-state index in [1.54, 1.807) is 43.5 Å². The van der Waals surface area contributed by atoms with E-state index >= 15 is 0 Å². The summed E-state index contributed by atoms with van der Waals surface area (Å²) in [5.41, 5.74) is 0.0188. The van der Waals surface area contributed by atoms with Gasteiger partial charge in [0.15, 0.2) is 0 Å². The predicted octanol–water partition coefficient (Wildman–Crippen LogP) is -1.13. The van der Waals surface area contributed by atoms with Gasteiger partial charge in [-0.1, -0.05) is 18.2 Å². The molecular weight excluding hydrogens is 427 g/mol. The quantitative estimate of drug-likeness (QED) is 0.527. The highest BCUT2D eigenvalue weighted by Crippen LogP contribution is 2.25. The van der Waals surface area contributed by atoms with Crippen LogP contribution < -0.4 is 31.5 Å². The maximum Gasteiger partial charge on any atom is 0.293 e. The molecule has 0 bridgehead atoms. The molecule has 2 aromatic carbocycles. The summed E-state index contributed by atoms with van der Waals surface area (Å²) in [6, 6.07) is 13.3. The maximum atomic E-state index is 14.4. The molecule has 3 rings (SSSR count). The normalized spacial score (nSPS) is 18.9. The second kappa shape index (κ2) is 9.62. The van der Waals surface area contributed by atoms with Gasteiger partial charge in [-0.05, 0) is 36.0 Å². The van der Waals surface area contributed by atoms with Gasteiger partial charge in [-0.15, -0.1) is 9.11 Å². The number of hydrogen-bond acceptors (Lipinski definition) is 5. The van der Waals surface area contributed by atoms with Gasteiger partial charge >= 0.3 is 0 Å². The number of halogens is 2. The summed E-state index contributed by atoms with van der Waals surface area (Å²) in [4.78, 5) is 0.488. The first-order valence-corrected chi connectivity index (χ1v) is 10.5. The Bertz CT molecular complexity index is 942. The van der Waals surface area contributed by atoms with Crippen LogP contribution in [-0.2, 0) is 16.6 Å². The molecule has 1 heterocycles. The third kappa shape index (κ3) is 4.98. The molecule has 0 aliphatic carbocycles. The molecule has 2 aromatic rings. The Morgan fingerprint density at radius 2 is 1.86 bits per heavy atom. The molecule has 6 nitrogen and oxygen atoms in total. The fraction of sp³-hybridized carbons (Fsp3) is 0.222. The van der Waals surface area contributed by atoms with Crippen molar-refractivity contribution in [2.24, 2.45) is 0 Å². The Morgan fingerprint density at radius 3 is 2.50 bits per heavy atom. The van der Waals surface area contributed by atoms with E-state index in [0.29, 0.717) is 16.4 Å². The molecule has 0 aromatic heterocycles. The van der Waals surface area contributed by atoms with Gasteiger partial charge in [0.05, 0.1) is 24.5 Å². The van der Waals surface area contributed by atoms with Crippen molar-refractivity contribution in [3.05, 3.63) is 65.5 Å². The molecule has 0 radical (unpaired) electrons. The number of benzene rings is 2. The van der Waals surface area contributed by atoms with Gasteiger partial charge < -0.3 is 21.9 Å². The minimum absolute atomic E-state index is 0. The molecule has 2 N–H and O–H groups in total. The lowest BCUT2D eigenvalue weighted by molar-refractivity contribution is -0.894. The van der Waals surface area contributed by atoms with E-state index in [0.717, 1.165) is 17.3 Å². The first-order chi connectivity index (χ1) is 12.9. The van der Waals surface area contributed by atoms with Gasteiger partial charge in [0, 0.05) is 11.6 Å². The summed E-state index contributed by atoms with van der Waals surface area (Å²) in [6.07, 6.45) is 0.